The Bertz CT molecular complexity index is 285. The third kappa shape index (κ3) is 3.89. The molecule has 3 heteroatoms. The number of nitriles is 1. The van der Waals surface area contributed by atoms with Crippen molar-refractivity contribution >= 4 is 5.91 Å². The molecule has 0 aliphatic rings. The van der Waals surface area contributed by atoms with Crippen molar-refractivity contribution in [2.24, 2.45) is 5.41 Å². The fourth-order valence-electron chi connectivity index (χ4n) is 2.17. The Kier molecular flexibility index (Phi) is 7.29. The van der Waals surface area contributed by atoms with E-state index in [1.807, 2.05) is 20.8 Å². The van der Waals surface area contributed by atoms with Gasteiger partial charge in [-0.05, 0) is 19.8 Å². The number of likely N-dealkylation sites (N-methyl/N-ethyl adjacent to an activating group) is 1. The molecule has 0 aliphatic carbocycles. The first-order valence-electron chi connectivity index (χ1n) is 6.43. The second-order valence-electron chi connectivity index (χ2n) is 4.33. The molecule has 96 valence electrons. The van der Waals surface area contributed by atoms with Gasteiger partial charge in [0.05, 0.1) is 6.07 Å². The summed E-state index contributed by atoms with van der Waals surface area (Å²) in [6.07, 6.45) is 4.70. The summed E-state index contributed by atoms with van der Waals surface area (Å²) >= 11 is 0. The highest BCUT2D eigenvalue weighted by Crippen LogP contribution is 2.31. The van der Waals surface area contributed by atoms with Gasteiger partial charge in [-0.1, -0.05) is 32.8 Å². The average Bonchev–Trinajstić information content (AvgIpc) is 2.34. The smallest absolute Gasteiger partial charge is 0.243 e. The monoisotopic (exact) mass is 236 g/mol. The van der Waals surface area contributed by atoms with Gasteiger partial charge in [-0.2, -0.15) is 5.26 Å². The Morgan fingerprint density at radius 3 is 2.18 bits per heavy atom. The van der Waals surface area contributed by atoms with Gasteiger partial charge < -0.3 is 4.90 Å². The fraction of sp³-hybridized carbons (Fsp3) is 0.714. The summed E-state index contributed by atoms with van der Waals surface area (Å²) in [5.41, 5.74) is -0.831. The van der Waals surface area contributed by atoms with E-state index in [0.29, 0.717) is 25.9 Å². The van der Waals surface area contributed by atoms with Gasteiger partial charge in [-0.3, -0.25) is 4.79 Å². The zero-order valence-electron chi connectivity index (χ0n) is 11.3. The Morgan fingerprint density at radius 1 is 1.35 bits per heavy atom. The summed E-state index contributed by atoms with van der Waals surface area (Å²) in [5.74, 6) is -0.0360. The molecule has 0 saturated heterocycles. The summed E-state index contributed by atoms with van der Waals surface area (Å²) in [7, 11) is 0. The molecule has 0 unspecified atom stereocenters. The van der Waals surface area contributed by atoms with E-state index in [1.165, 1.54) is 0 Å². The molecule has 0 aromatic carbocycles. The van der Waals surface area contributed by atoms with Gasteiger partial charge in [0.2, 0.25) is 5.91 Å². The van der Waals surface area contributed by atoms with Crippen LogP contribution in [0, 0.1) is 16.7 Å². The van der Waals surface area contributed by atoms with Crippen LogP contribution in [-0.4, -0.2) is 23.9 Å². The zero-order valence-corrected chi connectivity index (χ0v) is 11.3. The molecule has 0 aromatic heterocycles. The molecule has 0 bridgehead atoms. The zero-order chi connectivity index (χ0) is 13.3. The molecule has 0 heterocycles. The second kappa shape index (κ2) is 7.89. The highest BCUT2D eigenvalue weighted by molar-refractivity contribution is 5.85. The lowest BCUT2D eigenvalue weighted by molar-refractivity contribution is -0.139. The molecule has 1 amide bonds. The standard InChI is InChI=1S/C14H24N2O/c1-5-9-14(12-15,10-6-2)13(17)16(8-4)11-7-3/h7H,3,5-6,8-11H2,1-2,4H3. The van der Waals surface area contributed by atoms with Crippen molar-refractivity contribution in [1.29, 1.82) is 5.26 Å². The van der Waals surface area contributed by atoms with Crippen molar-refractivity contribution in [3.8, 4) is 6.07 Å². The van der Waals surface area contributed by atoms with Crippen molar-refractivity contribution in [2.75, 3.05) is 13.1 Å². The van der Waals surface area contributed by atoms with Crippen LogP contribution in [0.3, 0.4) is 0 Å². The highest BCUT2D eigenvalue weighted by Gasteiger charge is 2.39. The molecule has 0 aliphatic heterocycles. The number of carbonyl (C=O) groups is 1. The molecule has 3 nitrogen and oxygen atoms in total. The third-order valence-electron chi connectivity index (χ3n) is 3.00. The van der Waals surface area contributed by atoms with Gasteiger partial charge in [-0.15, -0.1) is 6.58 Å². The van der Waals surface area contributed by atoms with Crippen LogP contribution < -0.4 is 0 Å². The minimum absolute atomic E-state index is 0.0360. The van der Waals surface area contributed by atoms with Crippen molar-refractivity contribution in [1.82, 2.24) is 4.90 Å². The SMILES string of the molecule is C=CCN(CC)C(=O)C(C#N)(CCC)CCC. The number of carbonyl (C=O) groups excluding carboxylic acids is 1. The van der Waals surface area contributed by atoms with E-state index in [0.717, 1.165) is 12.8 Å². The van der Waals surface area contributed by atoms with Crippen LogP contribution in [0.1, 0.15) is 46.5 Å². The van der Waals surface area contributed by atoms with E-state index < -0.39 is 5.41 Å². The quantitative estimate of drug-likeness (QED) is 0.608. The highest BCUT2D eigenvalue weighted by atomic mass is 16.2. The number of hydrogen-bond acceptors (Lipinski definition) is 2. The van der Waals surface area contributed by atoms with Crippen LogP contribution in [-0.2, 0) is 4.79 Å². The van der Waals surface area contributed by atoms with Crippen molar-refractivity contribution in [3.05, 3.63) is 12.7 Å². The molecule has 0 rings (SSSR count). The minimum atomic E-state index is -0.831. The minimum Gasteiger partial charge on any atom is -0.338 e. The lowest BCUT2D eigenvalue weighted by atomic mass is 9.79. The Morgan fingerprint density at radius 2 is 1.88 bits per heavy atom. The predicted octanol–water partition coefficient (Wildman–Crippen LogP) is 3.13. The molecule has 0 saturated carbocycles. The normalized spacial score (nSPS) is 10.7. The topological polar surface area (TPSA) is 44.1 Å². The Hall–Kier alpha value is -1.30. The summed E-state index contributed by atoms with van der Waals surface area (Å²) < 4.78 is 0. The van der Waals surface area contributed by atoms with E-state index >= 15 is 0 Å². The first kappa shape index (κ1) is 15.7. The fourth-order valence-corrected chi connectivity index (χ4v) is 2.17. The van der Waals surface area contributed by atoms with E-state index in [-0.39, 0.29) is 5.91 Å². The Labute approximate surface area is 105 Å². The van der Waals surface area contributed by atoms with Gasteiger partial charge in [0, 0.05) is 13.1 Å². The number of amides is 1. The molecule has 0 radical (unpaired) electrons. The van der Waals surface area contributed by atoms with Crippen LogP contribution in [0.25, 0.3) is 0 Å². The molecule has 0 N–H and O–H groups in total. The first-order chi connectivity index (χ1) is 8.11. The van der Waals surface area contributed by atoms with Crippen LogP contribution in [0.5, 0.6) is 0 Å². The predicted molar refractivity (Wildman–Crippen MR) is 70.3 cm³/mol. The van der Waals surface area contributed by atoms with Crippen LogP contribution >= 0.6 is 0 Å². The van der Waals surface area contributed by atoms with Crippen molar-refractivity contribution < 1.29 is 4.79 Å². The number of hydrogen-bond donors (Lipinski definition) is 0. The summed E-state index contributed by atoms with van der Waals surface area (Å²) in [6, 6.07) is 2.26. The number of nitrogens with zero attached hydrogens (tertiary/aromatic N) is 2. The van der Waals surface area contributed by atoms with Gasteiger partial charge in [0.1, 0.15) is 5.41 Å². The largest absolute Gasteiger partial charge is 0.338 e. The number of rotatable bonds is 8. The second-order valence-corrected chi connectivity index (χ2v) is 4.33. The van der Waals surface area contributed by atoms with Crippen LogP contribution in [0.4, 0.5) is 0 Å². The first-order valence-corrected chi connectivity index (χ1v) is 6.43. The average molecular weight is 236 g/mol. The van der Waals surface area contributed by atoms with Crippen molar-refractivity contribution in [3.63, 3.8) is 0 Å². The van der Waals surface area contributed by atoms with Gasteiger partial charge >= 0.3 is 0 Å². The maximum absolute atomic E-state index is 12.5. The molecule has 0 aromatic rings. The third-order valence-corrected chi connectivity index (χ3v) is 3.00. The molecule has 0 fully saturated rings. The maximum Gasteiger partial charge on any atom is 0.243 e. The summed E-state index contributed by atoms with van der Waals surface area (Å²) in [5, 5.41) is 9.40. The molecular weight excluding hydrogens is 212 g/mol. The van der Waals surface area contributed by atoms with Gasteiger partial charge in [0.25, 0.3) is 0 Å². The molecule has 0 atom stereocenters. The van der Waals surface area contributed by atoms with Crippen LogP contribution in [0.2, 0.25) is 0 Å². The lowest BCUT2D eigenvalue weighted by Crippen LogP contribution is -2.43. The lowest BCUT2D eigenvalue weighted by Gasteiger charge is -2.31. The van der Waals surface area contributed by atoms with E-state index in [4.69, 9.17) is 0 Å². The molecule has 17 heavy (non-hydrogen) atoms. The van der Waals surface area contributed by atoms with E-state index in [2.05, 4.69) is 12.6 Å². The Balaban J connectivity index is 5.07. The van der Waals surface area contributed by atoms with E-state index in [1.54, 1.807) is 11.0 Å². The van der Waals surface area contributed by atoms with Crippen LogP contribution in [0.15, 0.2) is 12.7 Å². The summed E-state index contributed by atoms with van der Waals surface area (Å²) in [4.78, 5) is 14.2. The van der Waals surface area contributed by atoms with Crippen molar-refractivity contribution in [2.45, 2.75) is 46.5 Å². The van der Waals surface area contributed by atoms with Gasteiger partial charge in [-0.25, -0.2) is 0 Å². The molecular formula is C14H24N2O. The molecule has 0 spiro atoms. The van der Waals surface area contributed by atoms with Gasteiger partial charge in [0.15, 0.2) is 0 Å². The summed E-state index contributed by atoms with van der Waals surface area (Å²) in [6.45, 7) is 10.8. The van der Waals surface area contributed by atoms with E-state index in [9.17, 15) is 10.1 Å². The maximum atomic E-state index is 12.5.